The molecule has 118 valence electrons. The quantitative estimate of drug-likeness (QED) is 0.857. The van der Waals surface area contributed by atoms with Crippen molar-refractivity contribution < 1.29 is 0 Å². The Labute approximate surface area is 138 Å². The summed E-state index contributed by atoms with van der Waals surface area (Å²) in [6.45, 7) is 2.02. The Morgan fingerprint density at radius 2 is 1.78 bits per heavy atom. The van der Waals surface area contributed by atoms with Gasteiger partial charge < -0.3 is 9.80 Å². The predicted molar refractivity (Wildman–Crippen MR) is 95.1 cm³/mol. The Morgan fingerprint density at radius 1 is 1.09 bits per heavy atom. The lowest BCUT2D eigenvalue weighted by molar-refractivity contribution is 0.402. The molecule has 3 rings (SSSR count). The zero-order chi connectivity index (χ0) is 16.2. The molecule has 1 aliphatic heterocycles. The number of hydrogen-bond donors (Lipinski definition) is 0. The third-order valence-electron chi connectivity index (χ3n) is 4.45. The molecule has 2 aromatic carbocycles. The highest BCUT2D eigenvalue weighted by Crippen LogP contribution is 2.40. The van der Waals surface area contributed by atoms with Crippen LogP contribution in [0.4, 0.5) is 11.4 Å². The van der Waals surface area contributed by atoms with E-state index in [9.17, 15) is 5.26 Å². The van der Waals surface area contributed by atoms with Crippen molar-refractivity contribution in [3.05, 3.63) is 59.7 Å². The second-order valence-corrected chi connectivity index (χ2v) is 6.38. The third kappa shape index (κ3) is 3.23. The van der Waals surface area contributed by atoms with Gasteiger partial charge in [-0.05, 0) is 56.7 Å². The summed E-state index contributed by atoms with van der Waals surface area (Å²) in [6, 6.07) is 19.4. The maximum absolute atomic E-state index is 9.65. The number of nitriles is 1. The van der Waals surface area contributed by atoms with Crippen LogP contribution < -0.4 is 4.90 Å². The second kappa shape index (κ2) is 6.85. The van der Waals surface area contributed by atoms with Crippen LogP contribution in [0.5, 0.6) is 0 Å². The zero-order valence-electron chi connectivity index (χ0n) is 13.9. The molecule has 1 unspecified atom stereocenters. The van der Waals surface area contributed by atoms with Crippen molar-refractivity contribution in [2.24, 2.45) is 0 Å². The van der Waals surface area contributed by atoms with E-state index in [4.69, 9.17) is 0 Å². The molecule has 0 saturated carbocycles. The first-order chi connectivity index (χ1) is 11.2. The van der Waals surface area contributed by atoms with E-state index in [0.717, 1.165) is 31.5 Å². The van der Waals surface area contributed by atoms with Crippen molar-refractivity contribution in [1.82, 2.24) is 4.90 Å². The molecule has 0 amide bonds. The maximum Gasteiger partial charge on any atom is 0.0774 e. The fourth-order valence-electron chi connectivity index (χ4n) is 3.34. The summed E-state index contributed by atoms with van der Waals surface area (Å²) in [7, 11) is 4.21. The fourth-order valence-corrected chi connectivity index (χ4v) is 3.34. The molecular formula is C20H23N3. The number of anilines is 2. The van der Waals surface area contributed by atoms with Gasteiger partial charge in [-0.1, -0.05) is 36.4 Å². The van der Waals surface area contributed by atoms with Crippen molar-refractivity contribution in [2.75, 3.05) is 32.1 Å². The normalized spacial score (nSPS) is 16.4. The first kappa shape index (κ1) is 15.6. The first-order valence-corrected chi connectivity index (χ1v) is 8.19. The van der Waals surface area contributed by atoms with Gasteiger partial charge in [0.05, 0.1) is 12.0 Å². The monoisotopic (exact) mass is 305 g/mol. The SMILES string of the molecule is CN(C)CCCN1c2ccccc2CC(C#N)c2ccccc21. The fraction of sp³-hybridized carbons (Fsp3) is 0.350. The topological polar surface area (TPSA) is 30.3 Å². The highest BCUT2D eigenvalue weighted by Gasteiger charge is 2.26. The van der Waals surface area contributed by atoms with E-state index < -0.39 is 0 Å². The maximum atomic E-state index is 9.65. The van der Waals surface area contributed by atoms with E-state index >= 15 is 0 Å². The summed E-state index contributed by atoms with van der Waals surface area (Å²) in [4.78, 5) is 4.61. The minimum absolute atomic E-state index is 0.0776. The van der Waals surface area contributed by atoms with Gasteiger partial charge in [0.1, 0.15) is 0 Å². The Kier molecular flexibility index (Phi) is 4.64. The van der Waals surface area contributed by atoms with Crippen molar-refractivity contribution in [3.63, 3.8) is 0 Å². The molecule has 23 heavy (non-hydrogen) atoms. The lowest BCUT2D eigenvalue weighted by Crippen LogP contribution is -2.24. The molecule has 0 spiro atoms. The molecule has 1 atom stereocenters. The molecule has 0 fully saturated rings. The van der Waals surface area contributed by atoms with Crippen molar-refractivity contribution >= 4 is 11.4 Å². The average Bonchev–Trinajstić information content (AvgIpc) is 2.70. The Bertz CT molecular complexity index is 715. The van der Waals surface area contributed by atoms with Crippen LogP contribution >= 0.6 is 0 Å². The average molecular weight is 305 g/mol. The molecule has 0 radical (unpaired) electrons. The van der Waals surface area contributed by atoms with Crippen molar-refractivity contribution in [3.8, 4) is 6.07 Å². The van der Waals surface area contributed by atoms with Crippen LogP contribution in [0.2, 0.25) is 0 Å². The molecule has 0 aromatic heterocycles. The van der Waals surface area contributed by atoms with Crippen LogP contribution in [0.25, 0.3) is 0 Å². The van der Waals surface area contributed by atoms with Gasteiger partial charge in [0.15, 0.2) is 0 Å². The van der Waals surface area contributed by atoms with Crippen LogP contribution in [-0.4, -0.2) is 32.1 Å². The minimum Gasteiger partial charge on any atom is -0.341 e. The van der Waals surface area contributed by atoms with E-state index in [1.807, 2.05) is 6.07 Å². The molecule has 1 heterocycles. The zero-order valence-corrected chi connectivity index (χ0v) is 13.9. The van der Waals surface area contributed by atoms with Gasteiger partial charge in [0.25, 0.3) is 0 Å². The summed E-state index contributed by atoms with van der Waals surface area (Å²) >= 11 is 0. The lowest BCUT2D eigenvalue weighted by atomic mass is 9.93. The highest BCUT2D eigenvalue weighted by atomic mass is 15.1. The van der Waals surface area contributed by atoms with Gasteiger partial charge in [-0.2, -0.15) is 5.26 Å². The van der Waals surface area contributed by atoms with Crippen LogP contribution in [-0.2, 0) is 6.42 Å². The first-order valence-electron chi connectivity index (χ1n) is 8.19. The van der Waals surface area contributed by atoms with Gasteiger partial charge in [-0.25, -0.2) is 0 Å². The van der Waals surface area contributed by atoms with Gasteiger partial charge >= 0.3 is 0 Å². The van der Waals surface area contributed by atoms with E-state index in [0.29, 0.717) is 0 Å². The van der Waals surface area contributed by atoms with E-state index in [1.54, 1.807) is 0 Å². The van der Waals surface area contributed by atoms with Gasteiger partial charge in [-0.15, -0.1) is 0 Å². The molecule has 3 heteroatoms. The molecule has 3 nitrogen and oxygen atoms in total. The summed E-state index contributed by atoms with van der Waals surface area (Å²) in [5.74, 6) is -0.0776. The number of rotatable bonds is 4. The molecule has 2 aromatic rings. The lowest BCUT2D eigenvalue weighted by Gasteiger charge is -2.27. The summed E-state index contributed by atoms with van der Waals surface area (Å²) in [6.07, 6.45) is 1.88. The largest absolute Gasteiger partial charge is 0.341 e. The van der Waals surface area contributed by atoms with Crippen LogP contribution in [0, 0.1) is 11.3 Å². The van der Waals surface area contributed by atoms with Crippen LogP contribution in [0.15, 0.2) is 48.5 Å². The molecular weight excluding hydrogens is 282 g/mol. The minimum atomic E-state index is -0.0776. The van der Waals surface area contributed by atoms with E-state index in [2.05, 4.69) is 72.4 Å². The van der Waals surface area contributed by atoms with E-state index in [-0.39, 0.29) is 5.92 Å². The Morgan fingerprint density at radius 3 is 2.52 bits per heavy atom. The molecule has 0 bridgehead atoms. The van der Waals surface area contributed by atoms with Gasteiger partial charge in [0, 0.05) is 17.9 Å². The van der Waals surface area contributed by atoms with E-state index in [1.165, 1.54) is 16.9 Å². The molecule has 0 saturated heterocycles. The smallest absolute Gasteiger partial charge is 0.0774 e. The molecule has 0 aliphatic carbocycles. The number of para-hydroxylation sites is 2. The highest BCUT2D eigenvalue weighted by molar-refractivity contribution is 5.72. The number of nitrogens with zero attached hydrogens (tertiary/aromatic N) is 3. The predicted octanol–water partition coefficient (Wildman–Crippen LogP) is 3.94. The Balaban J connectivity index is 2.04. The number of fused-ring (bicyclic) bond motifs is 2. The number of hydrogen-bond acceptors (Lipinski definition) is 3. The van der Waals surface area contributed by atoms with Crippen molar-refractivity contribution in [1.29, 1.82) is 5.26 Å². The third-order valence-corrected chi connectivity index (χ3v) is 4.45. The van der Waals surface area contributed by atoms with Crippen molar-refractivity contribution in [2.45, 2.75) is 18.8 Å². The molecule has 0 N–H and O–H groups in total. The standard InChI is InChI=1S/C20H23N3/c1-22(2)12-7-13-23-19-10-5-3-8-16(19)14-17(15-21)18-9-4-6-11-20(18)23/h3-6,8-11,17H,7,12-14H2,1-2H3. The van der Waals surface area contributed by atoms with Gasteiger partial charge in [-0.3, -0.25) is 0 Å². The summed E-state index contributed by atoms with van der Waals surface area (Å²) in [5.41, 5.74) is 4.84. The molecule has 1 aliphatic rings. The van der Waals surface area contributed by atoms with Crippen LogP contribution in [0.1, 0.15) is 23.5 Å². The summed E-state index contributed by atoms with van der Waals surface area (Å²) in [5, 5.41) is 9.65. The number of benzene rings is 2. The summed E-state index contributed by atoms with van der Waals surface area (Å²) < 4.78 is 0. The van der Waals surface area contributed by atoms with Gasteiger partial charge in [0.2, 0.25) is 0 Å². The second-order valence-electron chi connectivity index (χ2n) is 6.38. The van der Waals surface area contributed by atoms with Crippen LogP contribution in [0.3, 0.4) is 0 Å². The Hall–Kier alpha value is -2.31.